The molecule has 1 atom stereocenters. The van der Waals surface area contributed by atoms with Crippen molar-refractivity contribution < 1.29 is 9.59 Å². The molecule has 0 radical (unpaired) electrons. The van der Waals surface area contributed by atoms with E-state index in [1.165, 1.54) is 0 Å². The Labute approximate surface area is 172 Å². The van der Waals surface area contributed by atoms with Crippen molar-refractivity contribution >= 4 is 46.1 Å². The number of anilines is 2. The highest BCUT2D eigenvalue weighted by atomic mass is 32.1. The number of aromatic nitrogens is 2. The number of hydrogen-bond donors (Lipinski definition) is 2. The maximum absolute atomic E-state index is 12.5. The van der Waals surface area contributed by atoms with E-state index in [4.69, 9.17) is 0 Å². The third kappa shape index (κ3) is 4.45. The van der Waals surface area contributed by atoms with E-state index in [1.54, 1.807) is 24.0 Å². The van der Waals surface area contributed by atoms with Gasteiger partial charge in [-0.3, -0.25) is 4.79 Å². The minimum Gasteiger partial charge on any atom is -0.368 e. The zero-order valence-corrected chi connectivity index (χ0v) is 16.9. The molecule has 1 saturated heterocycles. The molecule has 3 aromatic rings. The quantitative estimate of drug-likeness (QED) is 0.690. The summed E-state index contributed by atoms with van der Waals surface area (Å²) in [5.41, 5.74) is 3.32. The monoisotopic (exact) mass is 410 g/mol. The maximum Gasteiger partial charge on any atom is 0.318 e. The van der Waals surface area contributed by atoms with E-state index < -0.39 is 6.04 Å². The third-order valence-electron chi connectivity index (χ3n) is 4.94. The Bertz CT molecular complexity index is 1000. The Hall–Kier alpha value is -3.20. The van der Waals surface area contributed by atoms with Crippen LogP contribution in [0.25, 0.3) is 11.0 Å². The molecule has 0 spiro atoms. The highest BCUT2D eigenvalue weighted by Gasteiger charge is 2.24. The second-order valence-electron chi connectivity index (χ2n) is 6.94. The van der Waals surface area contributed by atoms with Gasteiger partial charge in [0.1, 0.15) is 17.1 Å². The molecular weight excluding hydrogens is 388 g/mol. The van der Waals surface area contributed by atoms with Gasteiger partial charge in [-0.2, -0.15) is 8.75 Å². The Kier molecular flexibility index (Phi) is 5.57. The number of piperazine rings is 1. The average Bonchev–Trinajstić information content (AvgIpc) is 3.22. The molecule has 9 heteroatoms. The number of benzene rings is 2. The van der Waals surface area contributed by atoms with E-state index in [2.05, 4.69) is 36.4 Å². The topological polar surface area (TPSA) is 90.5 Å². The van der Waals surface area contributed by atoms with Crippen LogP contribution in [0.15, 0.2) is 48.5 Å². The molecule has 0 saturated carbocycles. The van der Waals surface area contributed by atoms with Crippen LogP contribution in [-0.4, -0.2) is 57.8 Å². The summed E-state index contributed by atoms with van der Waals surface area (Å²) in [5, 5.41) is 5.60. The van der Waals surface area contributed by atoms with E-state index in [-0.39, 0.29) is 11.9 Å². The van der Waals surface area contributed by atoms with Gasteiger partial charge in [0.2, 0.25) is 5.91 Å². The summed E-state index contributed by atoms with van der Waals surface area (Å²) in [6, 6.07) is 14.6. The molecule has 2 aromatic carbocycles. The van der Waals surface area contributed by atoms with Crippen LogP contribution in [0.3, 0.4) is 0 Å². The molecule has 2 N–H and O–H groups in total. The summed E-state index contributed by atoms with van der Waals surface area (Å²) in [6.07, 6.45) is 0. The molecular formula is C20H22N6O2S. The summed E-state index contributed by atoms with van der Waals surface area (Å²) in [7, 11) is 0. The van der Waals surface area contributed by atoms with Crippen LogP contribution in [0.2, 0.25) is 0 Å². The van der Waals surface area contributed by atoms with Gasteiger partial charge in [0.05, 0.1) is 11.7 Å². The van der Waals surface area contributed by atoms with E-state index in [1.807, 2.05) is 24.3 Å². The van der Waals surface area contributed by atoms with Crippen LogP contribution in [0.1, 0.15) is 6.92 Å². The second-order valence-corrected chi connectivity index (χ2v) is 7.47. The molecule has 0 bridgehead atoms. The van der Waals surface area contributed by atoms with Crippen molar-refractivity contribution in [2.45, 2.75) is 13.0 Å². The van der Waals surface area contributed by atoms with Crippen LogP contribution in [-0.2, 0) is 4.79 Å². The van der Waals surface area contributed by atoms with E-state index in [9.17, 15) is 9.59 Å². The normalized spacial score (nSPS) is 15.2. The van der Waals surface area contributed by atoms with Gasteiger partial charge in [-0.05, 0) is 37.3 Å². The van der Waals surface area contributed by atoms with Crippen molar-refractivity contribution in [2.75, 3.05) is 36.4 Å². The number of hydrogen-bond acceptors (Lipinski definition) is 6. The summed E-state index contributed by atoms with van der Waals surface area (Å²) >= 11 is 1.13. The van der Waals surface area contributed by atoms with Gasteiger partial charge in [0.15, 0.2) is 0 Å². The number of amides is 3. The smallest absolute Gasteiger partial charge is 0.318 e. The largest absolute Gasteiger partial charge is 0.368 e. The molecule has 29 heavy (non-hydrogen) atoms. The Balaban J connectivity index is 1.28. The zero-order valence-electron chi connectivity index (χ0n) is 16.0. The van der Waals surface area contributed by atoms with Crippen molar-refractivity contribution in [1.82, 2.24) is 19.0 Å². The summed E-state index contributed by atoms with van der Waals surface area (Å²) < 4.78 is 8.31. The van der Waals surface area contributed by atoms with Crippen molar-refractivity contribution in [3.8, 4) is 0 Å². The first-order chi connectivity index (χ1) is 14.1. The Morgan fingerprint density at radius 3 is 2.48 bits per heavy atom. The van der Waals surface area contributed by atoms with E-state index >= 15 is 0 Å². The highest BCUT2D eigenvalue weighted by molar-refractivity contribution is 7.00. The van der Waals surface area contributed by atoms with Gasteiger partial charge in [-0.1, -0.05) is 18.2 Å². The molecule has 0 unspecified atom stereocenters. The first kappa shape index (κ1) is 19.1. The fourth-order valence-corrected chi connectivity index (χ4v) is 3.78. The highest BCUT2D eigenvalue weighted by Crippen LogP contribution is 2.18. The zero-order chi connectivity index (χ0) is 20.2. The fraction of sp³-hybridized carbons (Fsp3) is 0.300. The van der Waals surface area contributed by atoms with E-state index in [0.29, 0.717) is 18.8 Å². The first-order valence-corrected chi connectivity index (χ1v) is 10.2. The summed E-state index contributed by atoms with van der Waals surface area (Å²) in [5.74, 6) is -0.274. The van der Waals surface area contributed by atoms with Crippen LogP contribution >= 0.6 is 11.7 Å². The van der Waals surface area contributed by atoms with Crippen molar-refractivity contribution in [1.29, 1.82) is 0 Å². The molecule has 4 rings (SSSR count). The lowest BCUT2D eigenvalue weighted by Crippen LogP contribution is -2.54. The number of fused-ring (bicyclic) bond motifs is 1. The van der Waals surface area contributed by atoms with E-state index in [0.717, 1.165) is 41.5 Å². The minimum atomic E-state index is -0.654. The van der Waals surface area contributed by atoms with Gasteiger partial charge < -0.3 is 20.4 Å². The Morgan fingerprint density at radius 2 is 1.72 bits per heavy atom. The van der Waals surface area contributed by atoms with Crippen LogP contribution in [0.4, 0.5) is 16.2 Å². The maximum atomic E-state index is 12.5. The standard InChI is InChI=1S/C20H22N6O2S/c1-14(19(27)22-15-7-8-17-18(13-15)24-29-23-17)21-20(28)26-11-9-25(10-12-26)16-5-3-2-4-6-16/h2-8,13-14H,9-12H2,1H3,(H,21,28)(H,22,27)/t14-/m1/s1. The molecule has 8 nitrogen and oxygen atoms in total. The minimum absolute atomic E-state index is 0.223. The van der Waals surface area contributed by atoms with Crippen molar-refractivity contribution in [3.63, 3.8) is 0 Å². The SMILES string of the molecule is C[C@@H](NC(=O)N1CCN(c2ccccc2)CC1)C(=O)Nc1ccc2nsnc2c1. The number of carbonyl (C=O) groups is 2. The number of nitrogens with one attached hydrogen (secondary N) is 2. The summed E-state index contributed by atoms with van der Waals surface area (Å²) in [6.45, 7) is 4.43. The number of carbonyl (C=O) groups excluding carboxylic acids is 2. The van der Waals surface area contributed by atoms with Crippen LogP contribution < -0.4 is 15.5 Å². The second kappa shape index (κ2) is 8.44. The average molecular weight is 411 g/mol. The molecule has 1 fully saturated rings. The van der Waals surface area contributed by atoms with Gasteiger partial charge >= 0.3 is 6.03 Å². The van der Waals surface area contributed by atoms with Crippen molar-refractivity contribution in [3.05, 3.63) is 48.5 Å². The predicted octanol–water partition coefficient (Wildman–Crippen LogP) is 2.55. The number of urea groups is 1. The van der Waals surface area contributed by atoms with Gasteiger partial charge in [0.25, 0.3) is 0 Å². The van der Waals surface area contributed by atoms with Gasteiger partial charge in [-0.15, -0.1) is 0 Å². The lowest BCUT2D eigenvalue weighted by atomic mass is 10.2. The molecule has 150 valence electrons. The number of para-hydroxylation sites is 1. The van der Waals surface area contributed by atoms with Gasteiger partial charge in [0, 0.05) is 37.6 Å². The summed E-state index contributed by atoms with van der Waals surface area (Å²) in [4.78, 5) is 29.0. The lowest BCUT2D eigenvalue weighted by molar-refractivity contribution is -0.117. The predicted molar refractivity (Wildman–Crippen MR) is 114 cm³/mol. The molecule has 1 aromatic heterocycles. The molecule has 3 amide bonds. The number of rotatable bonds is 4. The number of nitrogens with zero attached hydrogens (tertiary/aromatic N) is 4. The molecule has 1 aliphatic rings. The Morgan fingerprint density at radius 1 is 1.00 bits per heavy atom. The molecule has 0 aliphatic carbocycles. The lowest BCUT2D eigenvalue weighted by Gasteiger charge is -2.36. The molecule has 2 heterocycles. The van der Waals surface area contributed by atoms with Gasteiger partial charge in [-0.25, -0.2) is 4.79 Å². The third-order valence-corrected chi connectivity index (χ3v) is 5.50. The van der Waals surface area contributed by atoms with Crippen LogP contribution in [0.5, 0.6) is 0 Å². The van der Waals surface area contributed by atoms with Crippen LogP contribution in [0, 0.1) is 0 Å². The van der Waals surface area contributed by atoms with Crippen molar-refractivity contribution in [2.24, 2.45) is 0 Å². The molecule has 1 aliphatic heterocycles. The first-order valence-electron chi connectivity index (χ1n) is 9.49. The fourth-order valence-electron chi connectivity index (χ4n) is 3.26.